The van der Waals surface area contributed by atoms with E-state index < -0.39 is 0 Å². The molecule has 14 heavy (non-hydrogen) atoms. The highest BCUT2D eigenvalue weighted by Crippen LogP contribution is 2.13. The number of allylic oxidation sites excluding steroid dienone is 1. The number of nitrogens with two attached hydrogens (primary N) is 1. The van der Waals surface area contributed by atoms with Crippen LogP contribution in [-0.4, -0.2) is 12.9 Å². The predicted octanol–water partition coefficient (Wildman–Crippen LogP) is 2.39. The maximum atomic E-state index is 5.61. The first-order valence-electron chi connectivity index (χ1n) is 4.61. The summed E-state index contributed by atoms with van der Waals surface area (Å²) in [5.74, 6) is 0.558. The number of nitrogens with zero attached hydrogens (tertiary/aromatic N) is 1. The van der Waals surface area contributed by atoms with Crippen molar-refractivity contribution in [3.63, 3.8) is 0 Å². The fourth-order valence-corrected chi connectivity index (χ4v) is 1.19. The Labute approximate surface area is 85.2 Å². The van der Waals surface area contributed by atoms with Crippen molar-refractivity contribution in [3.05, 3.63) is 41.5 Å². The van der Waals surface area contributed by atoms with E-state index in [0.29, 0.717) is 5.84 Å². The number of aryl methyl sites for hydroxylation is 1. The van der Waals surface area contributed by atoms with E-state index in [1.54, 1.807) is 7.05 Å². The molecule has 0 atom stereocenters. The average Bonchev–Trinajstić information content (AvgIpc) is 2.18. The second-order valence-electron chi connectivity index (χ2n) is 3.34. The Kier molecular flexibility index (Phi) is 3.46. The van der Waals surface area contributed by atoms with Crippen molar-refractivity contribution in [2.24, 2.45) is 10.7 Å². The highest BCUT2D eigenvalue weighted by molar-refractivity contribution is 5.97. The summed E-state index contributed by atoms with van der Waals surface area (Å²) in [5.41, 5.74) is 9.19. The highest BCUT2D eigenvalue weighted by Gasteiger charge is 1.95. The minimum absolute atomic E-state index is 0.558. The quantitative estimate of drug-likeness (QED) is 0.561. The molecule has 0 unspecified atom stereocenters. The first-order valence-corrected chi connectivity index (χ1v) is 4.61. The standard InChI is InChI=1S/C12H16N2/c1-9-4-6-11(7-5-9)10(2)8-12(13)14-3/h4-8H,1-3H3,(H2,13,14)/b10-8+. The first kappa shape index (κ1) is 10.5. The molecular weight excluding hydrogens is 172 g/mol. The van der Waals surface area contributed by atoms with E-state index in [1.165, 1.54) is 11.1 Å². The van der Waals surface area contributed by atoms with E-state index in [4.69, 9.17) is 5.73 Å². The second-order valence-corrected chi connectivity index (χ2v) is 3.34. The molecule has 0 saturated heterocycles. The Morgan fingerprint density at radius 2 is 1.86 bits per heavy atom. The van der Waals surface area contributed by atoms with Crippen molar-refractivity contribution in [1.29, 1.82) is 0 Å². The Morgan fingerprint density at radius 3 is 2.36 bits per heavy atom. The smallest absolute Gasteiger partial charge is 0.118 e. The molecule has 0 spiro atoms. The molecule has 0 saturated carbocycles. The van der Waals surface area contributed by atoms with Gasteiger partial charge in [0.1, 0.15) is 5.84 Å². The zero-order chi connectivity index (χ0) is 10.6. The zero-order valence-electron chi connectivity index (χ0n) is 8.91. The van der Waals surface area contributed by atoms with Crippen molar-refractivity contribution < 1.29 is 0 Å². The molecule has 2 N–H and O–H groups in total. The van der Waals surface area contributed by atoms with Gasteiger partial charge in [-0.25, -0.2) is 0 Å². The summed E-state index contributed by atoms with van der Waals surface area (Å²) < 4.78 is 0. The van der Waals surface area contributed by atoms with Gasteiger partial charge in [-0.1, -0.05) is 29.8 Å². The van der Waals surface area contributed by atoms with Crippen LogP contribution >= 0.6 is 0 Å². The van der Waals surface area contributed by atoms with Gasteiger partial charge >= 0.3 is 0 Å². The molecular formula is C12H16N2. The van der Waals surface area contributed by atoms with Gasteiger partial charge in [-0.15, -0.1) is 0 Å². The third-order valence-corrected chi connectivity index (χ3v) is 2.13. The molecule has 0 fully saturated rings. The molecule has 0 aromatic heterocycles. The van der Waals surface area contributed by atoms with Crippen LogP contribution in [0.3, 0.4) is 0 Å². The molecule has 2 heteroatoms. The molecule has 0 aliphatic rings. The number of rotatable bonds is 2. The molecule has 74 valence electrons. The molecule has 1 aromatic carbocycles. The van der Waals surface area contributed by atoms with E-state index >= 15 is 0 Å². The lowest BCUT2D eigenvalue weighted by Gasteiger charge is -2.01. The van der Waals surface area contributed by atoms with Crippen LogP contribution in [0.1, 0.15) is 18.1 Å². The summed E-state index contributed by atoms with van der Waals surface area (Å²) in [6, 6.07) is 8.35. The Balaban J connectivity index is 2.95. The van der Waals surface area contributed by atoms with E-state index in [9.17, 15) is 0 Å². The van der Waals surface area contributed by atoms with E-state index in [0.717, 1.165) is 5.57 Å². The molecule has 0 heterocycles. The minimum atomic E-state index is 0.558. The normalized spacial score (nSPS) is 13.1. The number of amidine groups is 1. The lowest BCUT2D eigenvalue weighted by atomic mass is 10.1. The van der Waals surface area contributed by atoms with Gasteiger partial charge in [0.15, 0.2) is 0 Å². The number of aliphatic imine (C=N–C) groups is 1. The Bertz CT molecular complexity index is 358. The summed E-state index contributed by atoms with van der Waals surface area (Å²) in [6.45, 7) is 4.10. The van der Waals surface area contributed by atoms with Gasteiger partial charge in [0.05, 0.1) is 0 Å². The number of benzene rings is 1. The van der Waals surface area contributed by atoms with Crippen LogP contribution in [-0.2, 0) is 0 Å². The van der Waals surface area contributed by atoms with Gasteiger partial charge in [-0.3, -0.25) is 4.99 Å². The third kappa shape index (κ3) is 2.73. The van der Waals surface area contributed by atoms with Crippen LogP contribution in [0.4, 0.5) is 0 Å². The van der Waals surface area contributed by atoms with Gasteiger partial charge < -0.3 is 5.73 Å². The lowest BCUT2D eigenvalue weighted by Crippen LogP contribution is -2.07. The predicted molar refractivity (Wildman–Crippen MR) is 62.4 cm³/mol. The number of hydrogen-bond donors (Lipinski definition) is 1. The van der Waals surface area contributed by atoms with E-state index in [2.05, 4.69) is 36.2 Å². The lowest BCUT2D eigenvalue weighted by molar-refractivity contribution is 1.41. The summed E-state index contributed by atoms with van der Waals surface area (Å²) in [5, 5.41) is 0. The summed E-state index contributed by atoms with van der Waals surface area (Å²) in [7, 11) is 1.69. The molecule has 0 aliphatic heterocycles. The highest BCUT2D eigenvalue weighted by atomic mass is 14.8. The fourth-order valence-electron chi connectivity index (χ4n) is 1.19. The summed E-state index contributed by atoms with van der Waals surface area (Å²) in [4.78, 5) is 3.89. The van der Waals surface area contributed by atoms with Crippen molar-refractivity contribution in [1.82, 2.24) is 0 Å². The van der Waals surface area contributed by atoms with Gasteiger partial charge in [-0.05, 0) is 31.1 Å². The first-order chi connectivity index (χ1) is 6.63. The summed E-state index contributed by atoms with van der Waals surface area (Å²) in [6.07, 6.45) is 1.88. The van der Waals surface area contributed by atoms with Gasteiger partial charge in [0.25, 0.3) is 0 Å². The van der Waals surface area contributed by atoms with Crippen LogP contribution in [0.15, 0.2) is 35.3 Å². The fraction of sp³-hybridized carbons (Fsp3) is 0.250. The van der Waals surface area contributed by atoms with Crippen LogP contribution in [0.5, 0.6) is 0 Å². The van der Waals surface area contributed by atoms with Crippen molar-refractivity contribution in [2.45, 2.75) is 13.8 Å². The molecule has 0 amide bonds. The topological polar surface area (TPSA) is 38.4 Å². The largest absolute Gasteiger partial charge is 0.384 e. The molecule has 1 aromatic rings. The van der Waals surface area contributed by atoms with Crippen molar-refractivity contribution in [3.8, 4) is 0 Å². The average molecular weight is 188 g/mol. The second kappa shape index (κ2) is 4.61. The molecule has 1 rings (SSSR count). The van der Waals surface area contributed by atoms with Crippen molar-refractivity contribution >= 4 is 11.4 Å². The Hall–Kier alpha value is -1.57. The minimum Gasteiger partial charge on any atom is -0.384 e. The van der Waals surface area contributed by atoms with E-state index in [1.807, 2.05) is 13.0 Å². The van der Waals surface area contributed by atoms with Gasteiger partial charge in [-0.2, -0.15) is 0 Å². The molecule has 2 nitrogen and oxygen atoms in total. The number of hydrogen-bond acceptors (Lipinski definition) is 1. The maximum Gasteiger partial charge on any atom is 0.118 e. The monoisotopic (exact) mass is 188 g/mol. The van der Waals surface area contributed by atoms with E-state index in [-0.39, 0.29) is 0 Å². The van der Waals surface area contributed by atoms with Crippen molar-refractivity contribution in [2.75, 3.05) is 7.05 Å². The molecule has 0 aliphatic carbocycles. The molecule has 0 radical (unpaired) electrons. The van der Waals surface area contributed by atoms with Crippen LogP contribution < -0.4 is 5.73 Å². The van der Waals surface area contributed by atoms with Gasteiger partial charge in [0, 0.05) is 7.05 Å². The third-order valence-electron chi connectivity index (χ3n) is 2.13. The van der Waals surface area contributed by atoms with Crippen LogP contribution in [0.25, 0.3) is 5.57 Å². The maximum absolute atomic E-state index is 5.61. The van der Waals surface area contributed by atoms with Crippen LogP contribution in [0, 0.1) is 6.92 Å². The summed E-state index contributed by atoms with van der Waals surface area (Å²) >= 11 is 0. The van der Waals surface area contributed by atoms with Crippen LogP contribution in [0.2, 0.25) is 0 Å². The van der Waals surface area contributed by atoms with Gasteiger partial charge in [0.2, 0.25) is 0 Å². The SMILES string of the molecule is CN=C(N)/C=C(\C)c1ccc(C)cc1. The zero-order valence-corrected chi connectivity index (χ0v) is 8.91. The molecule has 0 bridgehead atoms. The Morgan fingerprint density at radius 1 is 1.29 bits per heavy atom.